The fourth-order valence-corrected chi connectivity index (χ4v) is 3.52. The first-order valence-corrected chi connectivity index (χ1v) is 8.24. The van der Waals surface area contributed by atoms with E-state index < -0.39 is 5.92 Å². The van der Waals surface area contributed by atoms with Crippen molar-refractivity contribution in [3.8, 4) is 11.3 Å². The van der Waals surface area contributed by atoms with Crippen LogP contribution < -0.4 is 0 Å². The molecule has 0 N–H and O–H groups in total. The van der Waals surface area contributed by atoms with Crippen molar-refractivity contribution in [3.63, 3.8) is 0 Å². The topological polar surface area (TPSA) is 30.7 Å². The minimum atomic E-state index is -2.90. The van der Waals surface area contributed by atoms with Crippen molar-refractivity contribution in [1.82, 2.24) is 14.4 Å². The molecule has 0 bridgehead atoms. The van der Waals surface area contributed by atoms with Crippen LogP contribution in [0.2, 0.25) is 0 Å². The fourth-order valence-electron chi connectivity index (χ4n) is 3.01. The third-order valence-electron chi connectivity index (χ3n) is 4.12. The van der Waals surface area contributed by atoms with Crippen molar-refractivity contribution >= 4 is 11.9 Å². The van der Waals surface area contributed by atoms with Crippen LogP contribution in [0.25, 0.3) is 11.3 Å². The van der Waals surface area contributed by atoms with Crippen molar-refractivity contribution in [1.29, 1.82) is 0 Å². The van der Waals surface area contributed by atoms with Gasteiger partial charge in [0.2, 0.25) is 0 Å². The van der Waals surface area contributed by atoms with Gasteiger partial charge in [-0.1, -0.05) is 36.4 Å². The standard InChI is InChI=1S/C15H17F2N3S/c1-3-10-8-9-15(16,17)14-13(18-19-20(14)21-2)12-7-5-4-6-11(10)12/h4-7,10H,3,8-9H2,1-2H3. The monoisotopic (exact) mass is 309 g/mol. The SMILES string of the molecule is CCC1CCC(F)(F)c2c(nnn2SC)-c2ccccc21. The molecule has 1 atom stereocenters. The molecule has 1 unspecified atom stereocenters. The molecule has 0 amide bonds. The lowest BCUT2D eigenvalue weighted by Gasteiger charge is -2.26. The normalized spacial score (nSPS) is 20.3. The molecule has 1 aromatic carbocycles. The molecule has 1 aliphatic rings. The minimum Gasteiger partial charge on any atom is -0.199 e. The van der Waals surface area contributed by atoms with Gasteiger partial charge in [-0.25, -0.2) is 0 Å². The number of halogens is 2. The minimum absolute atomic E-state index is 0.0722. The molecule has 1 aliphatic carbocycles. The van der Waals surface area contributed by atoms with Gasteiger partial charge < -0.3 is 0 Å². The fraction of sp³-hybridized carbons (Fsp3) is 0.467. The van der Waals surface area contributed by atoms with Gasteiger partial charge in [-0.15, -0.1) is 5.10 Å². The highest BCUT2D eigenvalue weighted by Gasteiger charge is 2.42. The lowest BCUT2D eigenvalue weighted by molar-refractivity contribution is -0.0223. The summed E-state index contributed by atoms with van der Waals surface area (Å²) in [6.07, 6.45) is 2.88. The van der Waals surface area contributed by atoms with Crippen LogP contribution in [0.1, 0.15) is 43.4 Å². The summed E-state index contributed by atoms with van der Waals surface area (Å²) < 4.78 is 30.5. The Hall–Kier alpha value is -1.43. The van der Waals surface area contributed by atoms with Gasteiger partial charge in [0.05, 0.1) is 0 Å². The van der Waals surface area contributed by atoms with Gasteiger partial charge in [0, 0.05) is 18.2 Å². The number of benzene rings is 1. The Morgan fingerprint density at radius 2 is 2.14 bits per heavy atom. The predicted molar refractivity (Wildman–Crippen MR) is 80.5 cm³/mol. The molecule has 0 spiro atoms. The zero-order valence-electron chi connectivity index (χ0n) is 12.0. The molecule has 0 saturated carbocycles. The number of nitrogens with zero attached hydrogens (tertiary/aromatic N) is 3. The lowest BCUT2D eigenvalue weighted by atomic mass is 9.83. The van der Waals surface area contributed by atoms with Gasteiger partial charge in [0.25, 0.3) is 5.92 Å². The van der Waals surface area contributed by atoms with Crippen LogP contribution in [0.5, 0.6) is 0 Å². The highest BCUT2D eigenvalue weighted by Crippen LogP contribution is 2.46. The third-order valence-corrected chi connectivity index (χ3v) is 4.72. The maximum absolute atomic E-state index is 14.6. The van der Waals surface area contributed by atoms with E-state index in [1.54, 1.807) is 6.26 Å². The second kappa shape index (κ2) is 5.40. The van der Waals surface area contributed by atoms with Crippen LogP contribution in [-0.4, -0.2) is 20.7 Å². The molecule has 1 aromatic heterocycles. The van der Waals surface area contributed by atoms with Crippen molar-refractivity contribution in [2.45, 2.75) is 38.0 Å². The summed E-state index contributed by atoms with van der Waals surface area (Å²) in [6, 6.07) is 7.72. The molecule has 0 fully saturated rings. The van der Waals surface area contributed by atoms with Crippen LogP contribution in [0.4, 0.5) is 8.78 Å². The number of hydrogen-bond acceptors (Lipinski definition) is 3. The van der Waals surface area contributed by atoms with Gasteiger partial charge in [0.15, 0.2) is 0 Å². The Labute approximate surface area is 126 Å². The van der Waals surface area contributed by atoms with Gasteiger partial charge in [-0.05, 0) is 36.3 Å². The van der Waals surface area contributed by atoms with E-state index in [9.17, 15) is 8.78 Å². The Morgan fingerprint density at radius 1 is 1.38 bits per heavy atom. The Kier molecular flexibility index (Phi) is 3.73. The summed E-state index contributed by atoms with van der Waals surface area (Å²) in [7, 11) is 0. The van der Waals surface area contributed by atoms with Crippen molar-refractivity contribution < 1.29 is 8.78 Å². The number of hydrogen-bond donors (Lipinski definition) is 0. The lowest BCUT2D eigenvalue weighted by Crippen LogP contribution is -2.21. The quantitative estimate of drug-likeness (QED) is 0.821. The van der Waals surface area contributed by atoms with Crippen LogP contribution in [0.3, 0.4) is 0 Å². The first kappa shape index (κ1) is 14.5. The molecule has 112 valence electrons. The second-order valence-corrected chi connectivity index (χ2v) is 5.99. The summed E-state index contributed by atoms with van der Waals surface area (Å²) in [5.74, 6) is -2.76. The van der Waals surface area contributed by atoms with E-state index in [1.807, 2.05) is 31.2 Å². The molecule has 0 aliphatic heterocycles. The van der Waals surface area contributed by atoms with Crippen molar-refractivity contribution in [3.05, 3.63) is 35.5 Å². The molecule has 21 heavy (non-hydrogen) atoms. The second-order valence-electron chi connectivity index (χ2n) is 5.28. The average molecular weight is 309 g/mol. The van der Waals surface area contributed by atoms with Gasteiger partial charge in [0.1, 0.15) is 11.4 Å². The molecular weight excluding hydrogens is 292 g/mol. The van der Waals surface area contributed by atoms with Crippen LogP contribution >= 0.6 is 11.9 Å². The van der Waals surface area contributed by atoms with Crippen LogP contribution in [-0.2, 0) is 5.92 Å². The number of aromatic nitrogens is 3. The highest BCUT2D eigenvalue weighted by atomic mass is 32.2. The number of fused-ring (bicyclic) bond motifs is 3. The summed E-state index contributed by atoms with van der Waals surface area (Å²) in [4.78, 5) is 0. The highest BCUT2D eigenvalue weighted by molar-refractivity contribution is 7.97. The first-order valence-electron chi connectivity index (χ1n) is 7.06. The summed E-state index contributed by atoms with van der Waals surface area (Å²) >= 11 is 1.15. The van der Waals surface area contributed by atoms with Crippen LogP contribution in [0, 0.1) is 0 Å². The van der Waals surface area contributed by atoms with Gasteiger partial charge in [-0.2, -0.15) is 12.9 Å². The van der Waals surface area contributed by atoms with E-state index in [2.05, 4.69) is 10.3 Å². The van der Waals surface area contributed by atoms with E-state index in [1.165, 1.54) is 4.09 Å². The molecule has 2 aromatic rings. The van der Waals surface area contributed by atoms with Gasteiger partial charge >= 0.3 is 0 Å². The number of rotatable bonds is 2. The van der Waals surface area contributed by atoms with Crippen LogP contribution in [0.15, 0.2) is 24.3 Å². The predicted octanol–water partition coefficient (Wildman–Crippen LogP) is 4.45. The maximum atomic E-state index is 14.6. The molecule has 3 rings (SSSR count). The van der Waals surface area contributed by atoms with E-state index in [0.29, 0.717) is 12.1 Å². The Bertz CT molecular complexity index is 654. The van der Waals surface area contributed by atoms with E-state index in [0.717, 1.165) is 29.5 Å². The largest absolute Gasteiger partial charge is 0.292 e. The summed E-state index contributed by atoms with van der Waals surface area (Å²) in [6.45, 7) is 2.04. The zero-order valence-corrected chi connectivity index (χ0v) is 12.8. The zero-order chi connectivity index (χ0) is 15.0. The van der Waals surface area contributed by atoms with E-state index in [-0.39, 0.29) is 18.0 Å². The van der Waals surface area contributed by atoms with E-state index >= 15 is 0 Å². The smallest absolute Gasteiger partial charge is 0.199 e. The molecule has 0 radical (unpaired) electrons. The van der Waals surface area contributed by atoms with Crippen molar-refractivity contribution in [2.75, 3.05) is 6.26 Å². The molecule has 0 saturated heterocycles. The van der Waals surface area contributed by atoms with Crippen molar-refractivity contribution in [2.24, 2.45) is 0 Å². The van der Waals surface area contributed by atoms with E-state index in [4.69, 9.17) is 0 Å². The summed E-state index contributed by atoms with van der Waals surface area (Å²) in [5, 5.41) is 7.94. The number of alkyl halides is 2. The Morgan fingerprint density at radius 3 is 2.86 bits per heavy atom. The Balaban J connectivity index is 2.28. The maximum Gasteiger partial charge on any atom is 0.292 e. The molecule has 3 nitrogen and oxygen atoms in total. The molecule has 6 heteroatoms. The third kappa shape index (κ3) is 2.35. The average Bonchev–Trinajstić information content (AvgIpc) is 2.91. The summed E-state index contributed by atoms with van der Waals surface area (Å²) in [5.41, 5.74) is 2.14. The molecular formula is C15H17F2N3S. The molecule has 1 heterocycles. The first-order chi connectivity index (χ1) is 10.1. The van der Waals surface area contributed by atoms with Gasteiger partial charge in [-0.3, -0.25) is 0 Å².